The highest BCUT2D eigenvalue weighted by molar-refractivity contribution is 6.64. The molecule has 0 aliphatic rings. The monoisotopic (exact) mass is 266 g/mol. The molecule has 0 aromatic heterocycles. The summed E-state index contributed by atoms with van der Waals surface area (Å²) >= 11 is 0. The van der Waals surface area contributed by atoms with E-state index in [2.05, 4.69) is 0 Å². The number of ketones is 3. The van der Waals surface area contributed by atoms with Crippen LogP contribution in [-0.2, 0) is 27.2 Å². The van der Waals surface area contributed by atoms with Crippen molar-refractivity contribution in [1.29, 1.82) is 0 Å². The van der Waals surface area contributed by atoms with Gasteiger partial charge >= 0.3 is 0 Å². The second kappa shape index (κ2) is 6.57. The Bertz CT molecular complexity index is 560. The van der Waals surface area contributed by atoms with Crippen LogP contribution < -0.4 is 0 Å². The summed E-state index contributed by atoms with van der Waals surface area (Å²) in [6.45, 7) is 0. The van der Waals surface area contributed by atoms with Gasteiger partial charge in [0.1, 0.15) is 0 Å². The van der Waals surface area contributed by atoms with Crippen LogP contribution in [0.15, 0.2) is 60.7 Å². The molecule has 0 spiro atoms. The summed E-state index contributed by atoms with van der Waals surface area (Å²) in [5, 5.41) is 0. The molecule has 0 bridgehead atoms. The third-order valence-electron chi connectivity index (χ3n) is 2.92. The fourth-order valence-corrected chi connectivity index (χ4v) is 1.88. The maximum absolute atomic E-state index is 11.8. The van der Waals surface area contributed by atoms with E-state index < -0.39 is 17.3 Å². The number of hydrogen-bond acceptors (Lipinski definition) is 3. The summed E-state index contributed by atoms with van der Waals surface area (Å²) in [7, 11) is 0. The summed E-state index contributed by atoms with van der Waals surface area (Å²) in [5.74, 6) is -2.23. The van der Waals surface area contributed by atoms with E-state index in [0.29, 0.717) is 0 Å². The van der Waals surface area contributed by atoms with Gasteiger partial charge in [-0.25, -0.2) is 0 Å². The molecule has 0 amide bonds. The number of rotatable bonds is 6. The molecule has 0 unspecified atom stereocenters. The van der Waals surface area contributed by atoms with E-state index in [0.717, 1.165) is 11.1 Å². The molecule has 20 heavy (non-hydrogen) atoms. The molecular weight excluding hydrogens is 252 g/mol. The molecule has 0 radical (unpaired) electrons. The molecule has 3 nitrogen and oxygen atoms in total. The van der Waals surface area contributed by atoms with Gasteiger partial charge in [0.2, 0.25) is 11.6 Å². The van der Waals surface area contributed by atoms with Crippen LogP contribution in [0.25, 0.3) is 0 Å². The second-order valence-electron chi connectivity index (χ2n) is 4.50. The van der Waals surface area contributed by atoms with Crippen LogP contribution in [0.1, 0.15) is 11.1 Å². The van der Waals surface area contributed by atoms with Crippen molar-refractivity contribution in [3.05, 3.63) is 71.8 Å². The molecule has 0 fully saturated rings. The highest BCUT2D eigenvalue weighted by atomic mass is 16.2. The van der Waals surface area contributed by atoms with Gasteiger partial charge < -0.3 is 0 Å². The van der Waals surface area contributed by atoms with Crippen molar-refractivity contribution in [3.63, 3.8) is 0 Å². The Morgan fingerprint density at radius 2 is 0.950 bits per heavy atom. The maximum atomic E-state index is 11.8. The van der Waals surface area contributed by atoms with Crippen molar-refractivity contribution >= 4 is 17.3 Å². The second-order valence-corrected chi connectivity index (χ2v) is 4.50. The van der Waals surface area contributed by atoms with E-state index >= 15 is 0 Å². The lowest BCUT2D eigenvalue weighted by molar-refractivity contribution is -0.143. The fourth-order valence-electron chi connectivity index (χ4n) is 1.88. The van der Waals surface area contributed by atoms with E-state index in [1.165, 1.54) is 0 Å². The van der Waals surface area contributed by atoms with E-state index in [4.69, 9.17) is 0 Å². The molecule has 0 N–H and O–H groups in total. The topological polar surface area (TPSA) is 51.2 Å². The zero-order chi connectivity index (χ0) is 14.4. The first kappa shape index (κ1) is 13.9. The van der Waals surface area contributed by atoms with Crippen LogP contribution in [0.3, 0.4) is 0 Å². The molecule has 2 aromatic rings. The van der Waals surface area contributed by atoms with Gasteiger partial charge in [-0.1, -0.05) is 60.7 Å². The molecule has 0 saturated heterocycles. The van der Waals surface area contributed by atoms with Crippen molar-refractivity contribution in [2.75, 3.05) is 0 Å². The lowest BCUT2D eigenvalue weighted by atomic mass is 10.0. The lowest BCUT2D eigenvalue weighted by Gasteiger charge is -2.01. The van der Waals surface area contributed by atoms with Gasteiger partial charge in [-0.15, -0.1) is 0 Å². The standard InChI is InChI=1S/C17H14O3/c18-15(11-13-7-3-1-4-8-13)17(20)16(19)12-14-9-5-2-6-10-14/h1-10H,11-12H2. The van der Waals surface area contributed by atoms with Crippen LogP contribution in [0.4, 0.5) is 0 Å². The van der Waals surface area contributed by atoms with E-state index in [-0.39, 0.29) is 12.8 Å². The zero-order valence-corrected chi connectivity index (χ0v) is 10.9. The van der Waals surface area contributed by atoms with Gasteiger partial charge in [-0.3, -0.25) is 14.4 Å². The van der Waals surface area contributed by atoms with E-state index in [1.807, 2.05) is 12.1 Å². The van der Waals surface area contributed by atoms with Gasteiger partial charge in [0.25, 0.3) is 5.78 Å². The van der Waals surface area contributed by atoms with Crippen molar-refractivity contribution in [2.24, 2.45) is 0 Å². The minimum absolute atomic E-state index is 0.0276. The predicted molar refractivity (Wildman–Crippen MR) is 75.3 cm³/mol. The molecule has 0 aliphatic carbocycles. The first-order valence-corrected chi connectivity index (χ1v) is 6.35. The third-order valence-corrected chi connectivity index (χ3v) is 2.92. The van der Waals surface area contributed by atoms with Crippen LogP contribution >= 0.6 is 0 Å². The Morgan fingerprint density at radius 3 is 1.30 bits per heavy atom. The molecule has 3 heteroatoms. The smallest absolute Gasteiger partial charge is 0.264 e. The number of Topliss-reactive ketones (excluding diaryl/α,β-unsaturated/α-hetero) is 3. The molecule has 100 valence electrons. The quantitative estimate of drug-likeness (QED) is 0.595. The van der Waals surface area contributed by atoms with Crippen LogP contribution in [0, 0.1) is 0 Å². The average Bonchev–Trinajstić information content (AvgIpc) is 2.48. The highest BCUT2D eigenvalue weighted by Crippen LogP contribution is 2.04. The Hall–Kier alpha value is -2.55. The number of carbonyl (C=O) groups is 3. The number of carbonyl (C=O) groups excluding carboxylic acids is 3. The average molecular weight is 266 g/mol. The van der Waals surface area contributed by atoms with Gasteiger partial charge in [0, 0.05) is 12.8 Å². The molecule has 0 aliphatic heterocycles. The molecule has 2 aromatic carbocycles. The summed E-state index contributed by atoms with van der Waals surface area (Å²) in [6, 6.07) is 17.8. The molecule has 0 saturated carbocycles. The molecule has 2 rings (SSSR count). The van der Waals surface area contributed by atoms with Crippen LogP contribution in [0.5, 0.6) is 0 Å². The number of benzene rings is 2. The van der Waals surface area contributed by atoms with Gasteiger partial charge in [-0.05, 0) is 11.1 Å². The highest BCUT2D eigenvalue weighted by Gasteiger charge is 2.22. The maximum Gasteiger partial charge on any atom is 0.264 e. The summed E-state index contributed by atoms with van der Waals surface area (Å²) in [5.41, 5.74) is 1.47. The Labute approximate surface area is 117 Å². The van der Waals surface area contributed by atoms with Crippen molar-refractivity contribution in [1.82, 2.24) is 0 Å². The van der Waals surface area contributed by atoms with Crippen molar-refractivity contribution < 1.29 is 14.4 Å². The first-order chi connectivity index (χ1) is 9.66. The largest absolute Gasteiger partial charge is 0.290 e. The normalized spacial score (nSPS) is 10.0. The summed E-state index contributed by atoms with van der Waals surface area (Å²) in [4.78, 5) is 35.3. The number of hydrogen-bond donors (Lipinski definition) is 0. The Balaban J connectivity index is 1.97. The van der Waals surface area contributed by atoms with E-state index in [1.54, 1.807) is 48.5 Å². The van der Waals surface area contributed by atoms with Crippen LogP contribution in [-0.4, -0.2) is 17.3 Å². The molecule has 0 heterocycles. The SMILES string of the molecule is O=C(Cc1ccccc1)C(=O)C(=O)Cc1ccccc1. The molecule has 0 atom stereocenters. The van der Waals surface area contributed by atoms with Gasteiger partial charge in [0.05, 0.1) is 0 Å². The van der Waals surface area contributed by atoms with Gasteiger partial charge in [-0.2, -0.15) is 0 Å². The fraction of sp³-hybridized carbons (Fsp3) is 0.118. The Morgan fingerprint density at radius 1 is 0.600 bits per heavy atom. The minimum atomic E-state index is -0.919. The van der Waals surface area contributed by atoms with Crippen molar-refractivity contribution in [3.8, 4) is 0 Å². The first-order valence-electron chi connectivity index (χ1n) is 6.35. The van der Waals surface area contributed by atoms with Crippen LogP contribution in [0.2, 0.25) is 0 Å². The zero-order valence-electron chi connectivity index (χ0n) is 10.9. The van der Waals surface area contributed by atoms with Gasteiger partial charge in [0.15, 0.2) is 0 Å². The summed E-state index contributed by atoms with van der Waals surface area (Å²) in [6.07, 6.45) is -0.0552. The minimum Gasteiger partial charge on any atom is -0.290 e. The third kappa shape index (κ3) is 3.72. The summed E-state index contributed by atoms with van der Waals surface area (Å²) < 4.78 is 0. The molecular formula is C17H14O3. The predicted octanol–water partition coefficient (Wildman–Crippen LogP) is 2.18. The van der Waals surface area contributed by atoms with Crippen molar-refractivity contribution in [2.45, 2.75) is 12.8 Å². The Kier molecular flexibility index (Phi) is 4.56. The van der Waals surface area contributed by atoms with E-state index in [9.17, 15) is 14.4 Å². The lowest BCUT2D eigenvalue weighted by Crippen LogP contribution is -2.26.